The van der Waals surface area contributed by atoms with Crippen LogP contribution in [0.25, 0.3) is 0 Å². The SMILES string of the molecule is NC(=O)COc1ccc(C(=O)N2CC[C@H]3[C@H](C2)OCc2cnnn23)cc1. The van der Waals surface area contributed by atoms with Crippen molar-refractivity contribution >= 4 is 11.8 Å². The fourth-order valence-electron chi connectivity index (χ4n) is 3.40. The number of benzene rings is 1. The van der Waals surface area contributed by atoms with Gasteiger partial charge in [0, 0.05) is 18.7 Å². The van der Waals surface area contributed by atoms with Crippen LogP contribution in [0.4, 0.5) is 0 Å². The molecule has 9 nitrogen and oxygen atoms in total. The van der Waals surface area contributed by atoms with E-state index in [1.54, 1.807) is 35.4 Å². The van der Waals surface area contributed by atoms with E-state index in [4.69, 9.17) is 15.2 Å². The van der Waals surface area contributed by atoms with E-state index in [9.17, 15) is 9.59 Å². The smallest absolute Gasteiger partial charge is 0.255 e. The van der Waals surface area contributed by atoms with Crippen molar-refractivity contribution in [3.8, 4) is 5.75 Å². The Morgan fingerprint density at radius 2 is 2.12 bits per heavy atom. The first-order valence-corrected chi connectivity index (χ1v) is 8.43. The first kappa shape index (κ1) is 16.5. The lowest BCUT2D eigenvalue weighted by molar-refractivity contribution is -0.119. The molecule has 2 aliphatic heterocycles. The largest absolute Gasteiger partial charge is 0.484 e. The third-order valence-electron chi connectivity index (χ3n) is 4.70. The molecule has 136 valence electrons. The Kier molecular flexibility index (Phi) is 4.29. The quantitative estimate of drug-likeness (QED) is 0.832. The number of primary amides is 1. The van der Waals surface area contributed by atoms with E-state index in [2.05, 4.69) is 10.3 Å². The monoisotopic (exact) mass is 357 g/mol. The molecule has 0 spiro atoms. The zero-order valence-electron chi connectivity index (χ0n) is 14.1. The molecule has 1 fully saturated rings. The van der Waals surface area contributed by atoms with Gasteiger partial charge in [-0.2, -0.15) is 0 Å². The standard InChI is InChI=1S/C17H19N5O4/c18-16(23)10-25-13-3-1-11(2-4-13)17(24)21-6-5-14-15(8-21)26-9-12-7-19-20-22(12)14/h1-4,7,14-15H,5-6,8-10H2,(H2,18,23)/t14-,15-/m0/s1. The second-order valence-corrected chi connectivity index (χ2v) is 6.41. The van der Waals surface area contributed by atoms with Crippen molar-refractivity contribution in [1.29, 1.82) is 0 Å². The van der Waals surface area contributed by atoms with Crippen molar-refractivity contribution in [3.63, 3.8) is 0 Å². The summed E-state index contributed by atoms with van der Waals surface area (Å²) in [5, 5.41) is 8.09. The van der Waals surface area contributed by atoms with Gasteiger partial charge in [0.1, 0.15) is 5.75 Å². The summed E-state index contributed by atoms with van der Waals surface area (Å²) in [7, 11) is 0. The number of nitrogens with two attached hydrogens (primary N) is 1. The number of ether oxygens (including phenoxy) is 2. The molecule has 0 aliphatic carbocycles. The van der Waals surface area contributed by atoms with E-state index in [-0.39, 0.29) is 24.7 Å². The minimum absolute atomic E-state index is 0.0575. The Morgan fingerprint density at radius 1 is 1.31 bits per heavy atom. The van der Waals surface area contributed by atoms with Gasteiger partial charge in [-0.15, -0.1) is 5.10 Å². The van der Waals surface area contributed by atoms with E-state index in [1.807, 2.05) is 4.68 Å². The van der Waals surface area contributed by atoms with Crippen LogP contribution in [0.1, 0.15) is 28.5 Å². The molecule has 4 rings (SSSR count). The summed E-state index contributed by atoms with van der Waals surface area (Å²) in [6, 6.07) is 6.79. The first-order valence-electron chi connectivity index (χ1n) is 8.43. The Bertz CT molecular complexity index is 819. The fraction of sp³-hybridized carbons (Fsp3) is 0.412. The topological polar surface area (TPSA) is 113 Å². The molecular formula is C17H19N5O4. The van der Waals surface area contributed by atoms with E-state index in [0.29, 0.717) is 31.0 Å². The van der Waals surface area contributed by atoms with Crippen molar-refractivity contribution < 1.29 is 19.1 Å². The summed E-state index contributed by atoms with van der Waals surface area (Å²) in [4.78, 5) is 25.3. The molecule has 1 aromatic carbocycles. The molecule has 1 saturated heterocycles. The van der Waals surface area contributed by atoms with Gasteiger partial charge in [-0.05, 0) is 30.7 Å². The summed E-state index contributed by atoms with van der Waals surface area (Å²) < 4.78 is 13.0. The normalized spacial score (nSPS) is 21.6. The maximum absolute atomic E-state index is 12.8. The number of fused-ring (bicyclic) bond motifs is 3. The molecule has 3 heterocycles. The maximum atomic E-state index is 12.8. The molecule has 9 heteroatoms. The van der Waals surface area contributed by atoms with Crippen molar-refractivity contribution in [3.05, 3.63) is 41.7 Å². The summed E-state index contributed by atoms with van der Waals surface area (Å²) >= 11 is 0. The van der Waals surface area contributed by atoms with Gasteiger partial charge in [-0.25, -0.2) is 4.68 Å². The van der Waals surface area contributed by atoms with Crippen molar-refractivity contribution in [2.75, 3.05) is 19.7 Å². The van der Waals surface area contributed by atoms with Crippen LogP contribution in [0.3, 0.4) is 0 Å². The predicted octanol–water partition coefficient (Wildman–Crippen LogP) is 0.128. The highest BCUT2D eigenvalue weighted by Gasteiger charge is 2.37. The highest BCUT2D eigenvalue weighted by Crippen LogP contribution is 2.31. The Hall–Kier alpha value is -2.94. The highest BCUT2D eigenvalue weighted by atomic mass is 16.5. The van der Waals surface area contributed by atoms with Gasteiger partial charge in [0.05, 0.1) is 30.6 Å². The summed E-state index contributed by atoms with van der Waals surface area (Å²) in [5.41, 5.74) is 6.58. The van der Waals surface area contributed by atoms with Crippen LogP contribution >= 0.6 is 0 Å². The molecule has 2 N–H and O–H groups in total. The van der Waals surface area contributed by atoms with Gasteiger partial charge in [0.15, 0.2) is 6.61 Å². The minimum Gasteiger partial charge on any atom is -0.484 e. The molecule has 0 radical (unpaired) electrons. The number of piperidine rings is 1. The van der Waals surface area contributed by atoms with E-state index < -0.39 is 5.91 Å². The number of likely N-dealkylation sites (tertiary alicyclic amines) is 1. The van der Waals surface area contributed by atoms with Crippen LogP contribution < -0.4 is 10.5 Å². The maximum Gasteiger partial charge on any atom is 0.255 e. The van der Waals surface area contributed by atoms with Gasteiger partial charge < -0.3 is 20.1 Å². The number of hydrogen-bond donors (Lipinski definition) is 1. The van der Waals surface area contributed by atoms with Gasteiger partial charge >= 0.3 is 0 Å². The Labute approximate surface area is 149 Å². The molecule has 2 aromatic rings. The van der Waals surface area contributed by atoms with Crippen LogP contribution in [0, 0.1) is 0 Å². The molecule has 2 amide bonds. The number of carbonyl (C=O) groups is 2. The van der Waals surface area contributed by atoms with Crippen LogP contribution in [-0.4, -0.2) is 57.5 Å². The number of carbonyl (C=O) groups excluding carboxylic acids is 2. The van der Waals surface area contributed by atoms with Gasteiger partial charge in [-0.1, -0.05) is 5.21 Å². The second-order valence-electron chi connectivity index (χ2n) is 6.41. The predicted molar refractivity (Wildman–Crippen MR) is 89.3 cm³/mol. The average molecular weight is 357 g/mol. The zero-order valence-corrected chi connectivity index (χ0v) is 14.1. The summed E-state index contributed by atoms with van der Waals surface area (Å²) in [6.07, 6.45) is 2.41. The van der Waals surface area contributed by atoms with E-state index in [0.717, 1.165) is 12.1 Å². The lowest BCUT2D eigenvalue weighted by Gasteiger charge is -2.41. The van der Waals surface area contributed by atoms with Crippen molar-refractivity contribution in [1.82, 2.24) is 19.9 Å². The lowest BCUT2D eigenvalue weighted by Crippen LogP contribution is -2.50. The molecular weight excluding hydrogens is 338 g/mol. The first-order chi connectivity index (χ1) is 12.6. The lowest BCUT2D eigenvalue weighted by atomic mass is 9.99. The third kappa shape index (κ3) is 3.13. The minimum atomic E-state index is -0.545. The fourth-order valence-corrected chi connectivity index (χ4v) is 3.40. The highest BCUT2D eigenvalue weighted by molar-refractivity contribution is 5.94. The third-order valence-corrected chi connectivity index (χ3v) is 4.70. The molecule has 26 heavy (non-hydrogen) atoms. The number of rotatable bonds is 4. The van der Waals surface area contributed by atoms with Crippen molar-refractivity contribution in [2.45, 2.75) is 25.2 Å². The number of aromatic nitrogens is 3. The molecule has 0 saturated carbocycles. The number of hydrogen-bond acceptors (Lipinski definition) is 6. The van der Waals surface area contributed by atoms with Gasteiger partial charge in [0.25, 0.3) is 11.8 Å². The van der Waals surface area contributed by atoms with Gasteiger partial charge in [0.2, 0.25) is 0 Å². The van der Waals surface area contributed by atoms with Crippen LogP contribution in [0.5, 0.6) is 5.75 Å². The van der Waals surface area contributed by atoms with E-state index in [1.165, 1.54) is 0 Å². The molecule has 1 aromatic heterocycles. The molecule has 0 unspecified atom stereocenters. The summed E-state index contributed by atoms with van der Waals surface area (Å²) in [6.45, 7) is 1.41. The van der Waals surface area contributed by atoms with Crippen LogP contribution in [-0.2, 0) is 16.1 Å². The van der Waals surface area contributed by atoms with E-state index >= 15 is 0 Å². The zero-order chi connectivity index (χ0) is 18.1. The summed E-state index contributed by atoms with van der Waals surface area (Å²) in [5.74, 6) is -0.109. The molecule has 2 atom stereocenters. The Balaban J connectivity index is 1.41. The average Bonchev–Trinajstić information content (AvgIpc) is 3.15. The molecule has 2 aliphatic rings. The van der Waals surface area contributed by atoms with Crippen LogP contribution in [0.2, 0.25) is 0 Å². The number of amides is 2. The number of nitrogens with zero attached hydrogens (tertiary/aromatic N) is 4. The van der Waals surface area contributed by atoms with Crippen molar-refractivity contribution in [2.24, 2.45) is 5.73 Å². The van der Waals surface area contributed by atoms with Gasteiger partial charge in [-0.3, -0.25) is 9.59 Å². The Morgan fingerprint density at radius 3 is 2.88 bits per heavy atom. The second kappa shape index (κ2) is 6.75. The molecule has 0 bridgehead atoms. The van der Waals surface area contributed by atoms with Crippen LogP contribution in [0.15, 0.2) is 30.5 Å².